The Morgan fingerprint density at radius 1 is 0.947 bits per heavy atom. The fourth-order valence-electron chi connectivity index (χ4n) is 4.89. The van der Waals surface area contributed by atoms with E-state index in [1.54, 1.807) is 42.5 Å². The van der Waals surface area contributed by atoms with Gasteiger partial charge in [-0.25, -0.2) is 13.5 Å². The Balaban J connectivity index is 1.49. The van der Waals surface area contributed by atoms with Crippen LogP contribution >= 0.6 is 0 Å². The molecule has 5 rings (SSSR count). The van der Waals surface area contributed by atoms with E-state index >= 15 is 0 Å². The number of para-hydroxylation sites is 1. The Labute approximate surface area is 225 Å². The highest BCUT2D eigenvalue weighted by atomic mass is 32.2. The summed E-state index contributed by atoms with van der Waals surface area (Å²) in [7, 11) is 0. The third-order valence-corrected chi connectivity index (χ3v) is 7.41. The van der Waals surface area contributed by atoms with E-state index < -0.39 is 17.2 Å². The lowest BCUT2D eigenvalue weighted by Crippen LogP contribution is -2.32. The molecule has 3 aromatic carbocycles. The molecule has 2 heterocycles. The van der Waals surface area contributed by atoms with Gasteiger partial charge in [-0.2, -0.15) is 0 Å². The minimum absolute atomic E-state index is 0.338. The molecular formula is C31H29N3O3S. The maximum absolute atomic E-state index is 13.2. The maximum Gasteiger partial charge on any atom is 0.272 e. The Hall–Kier alpha value is -4.07. The van der Waals surface area contributed by atoms with E-state index in [0.717, 1.165) is 33.2 Å². The normalized spacial score (nSPS) is 12.0. The van der Waals surface area contributed by atoms with Crippen molar-refractivity contribution in [2.75, 3.05) is 4.31 Å². The molecule has 0 radical (unpaired) electrons. The summed E-state index contributed by atoms with van der Waals surface area (Å²) in [4.78, 5) is 18.0. The number of carbonyl (C=O) groups excluding carboxylic acids is 1. The SMILES string of the molecule is CCc1cc2c(C)cc(C)nc2n1Cc1ccc(-c2ccccc2N(C(=O)c2ccccc2)S(=O)O)cc1. The van der Waals surface area contributed by atoms with Crippen LogP contribution in [0.25, 0.3) is 22.2 Å². The highest BCUT2D eigenvalue weighted by Crippen LogP contribution is 2.33. The first-order valence-electron chi connectivity index (χ1n) is 12.5. The summed E-state index contributed by atoms with van der Waals surface area (Å²) < 4.78 is 25.6. The first kappa shape index (κ1) is 25.6. The zero-order valence-corrected chi connectivity index (χ0v) is 22.4. The molecule has 0 saturated heterocycles. The van der Waals surface area contributed by atoms with Crippen LogP contribution in [0, 0.1) is 13.8 Å². The molecule has 0 aliphatic rings. The number of aryl methyl sites for hydroxylation is 3. The van der Waals surface area contributed by atoms with Crippen molar-refractivity contribution in [3.63, 3.8) is 0 Å². The Kier molecular flexibility index (Phi) is 7.22. The lowest BCUT2D eigenvalue weighted by molar-refractivity contribution is 0.100. The fourth-order valence-corrected chi connectivity index (χ4v) is 5.47. The molecule has 0 saturated carbocycles. The first-order chi connectivity index (χ1) is 18.4. The van der Waals surface area contributed by atoms with Gasteiger partial charge in [0.15, 0.2) is 0 Å². The molecule has 6 nitrogen and oxygen atoms in total. The van der Waals surface area contributed by atoms with Crippen molar-refractivity contribution in [2.45, 2.75) is 33.7 Å². The van der Waals surface area contributed by atoms with Gasteiger partial charge in [0.2, 0.25) is 0 Å². The van der Waals surface area contributed by atoms with Crippen molar-refractivity contribution >= 4 is 33.9 Å². The number of hydrogen-bond donors (Lipinski definition) is 1. The van der Waals surface area contributed by atoms with E-state index in [1.807, 2.05) is 31.2 Å². The molecule has 38 heavy (non-hydrogen) atoms. The number of pyridine rings is 1. The molecule has 2 aromatic heterocycles. The predicted molar refractivity (Wildman–Crippen MR) is 154 cm³/mol. The highest BCUT2D eigenvalue weighted by Gasteiger charge is 2.25. The van der Waals surface area contributed by atoms with Crippen LogP contribution < -0.4 is 4.31 Å². The van der Waals surface area contributed by atoms with Gasteiger partial charge in [-0.05, 0) is 67.3 Å². The van der Waals surface area contributed by atoms with E-state index in [0.29, 0.717) is 23.4 Å². The van der Waals surface area contributed by atoms with Crippen LogP contribution in [0.1, 0.15) is 39.8 Å². The van der Waals surface area contributed by atoms with E-state index in [1.165, 1.54) is 16.6 Å². The third-order valence-electron chi connectivity index (χ3n) is 6.74. The zero-order chi connectivity index (χ0) is 26.8. The summed E-state index contributed by atoms with van der Waals surface area (Å²) >= 11 is -2.54. The van der Waals surface area contributed by atoms with Gasteiger partial charge in [0.25, 0.3) is 17.2 Å². The smallest absolute Gasteiger partial charge is 0.272 e. The Morgan fingerprint density at radius 2 is 1.63 bits per heavy atom. The molecule has 0 spiro atoms. The van der Waals surface area contributed by atoms with E-state index in [-0.39, 0.29) is 0 Å². The van der Waals surface area contributed by atoms with E-state index in [4.69, 9.17) is 4.98 Å². The summed E-state index contributed by atoms with van der Waals surface area (Å²) in [5, 5.41) is 1.18. The second kappa shape index (κ2) is 10.7. The molecule has 1 atom stereocenters. The minimum atomic E-state index is -2.54. The third kappa shape index (κ3) is 4.90. The summed E-state index contributed by atoms with van der Waals surface area (Å²) in [6.45, 7) is 6.98. The van der Waals surface area contributed by atoms with E-state index in [9.17, 15) is 13.6 Å². The van der Waals surface area contributed by atoms with E-state index in [2.05, 4.69) is 42.7 Å². The van der Waals surface area contributed by atoms with Gasteiger partial charge >= 0.3 is 0 Å². The van der Waals surface area contributed by atoms with Crippen molar-refractivity contribution in [1.82, 2.24) is 9.55 Å². The molecule has 0 bridgehead atoms. The van der Waals surface area contributed by atoms with Gasteiger partial charge < -0.3 is 4.57 Å². The average molecular weight is 524 g/mol. The van der Waals surface area contributed by atoms with Crippen molar-refractivity contribution in [3.05, 3.63) is 119 Å². The predicted octanol–water partition coefficient (Wildman–Crippen LogP) is 6.71. The highest BCUT2D eigenvalue weighted by molar-refractivity contribution is 7.81. The van der Waals surface area contributed by atoms with Crippen molar-refractivity contribution in [1.29, 1.82) is 0 Å². The number of amides is 1. The zero-order valence-electron chi connectivity index (χ0n) is 21.6. The quantitative estimate of drug-likeness (QED) is 0.241. The molecule has 0 aliphatic heterocycles. The van der Waals surface area contributed by atoms with Gasteiger partial charge in [0.1, 0.15) is 5.65 Å². The van der Waals surface area contributed by atoms with Crippen molar-refractivity contribution in [3.8, 4) is 11.1 Å². The number of fused-ring (bicyclic) bond motifs is 1. The van der Waals surface area contributed by atoms with Crippen LogP contribution in [-0.2, 0) is 24.2 Å². The number of hydrogen-bond acceptors (Lipinski definition) is 3. The molecule has 5 aromatic rings. The Morgan fingerprint density at radius 3 is 2.32 bits per heavy atom. The van der Waals surface area contributed by atoms with Crippen molar-refractivity contribution < 1.29 is 13.6 Å². The number of aromatic nitrogens is 2. The van der Waals surface area contributed by atoms with Gasteiger partial charge in [0.05, 0.1) is 5.69 Å². The molecule has 1 amide bonds. The second-order valence-corrected chi connectivity index (χ2v) is 10.1. The largest absolute Gasteiger partial charge is 0.325 e. The van der Waals surface area contributed by atoms with Crippen LogP contribution in [0.2, 0.25) is 0 Å². The molecule has 1 N–H and O–H groups in total. The topological polar surface area (TPSA) is 75.4 Å². The molecule has 192 valence electrons. The standard InChI is InChI=1S/C31H29N3O3S/c1-4-26-19-28-21(2)18-22(3)32-30(28)33(26)20-23-14-16-24(17-15-23)27-12-8-9-13-29(27)34(38(36)37)31(35)25-10-6-5-7-11-25/h5-19H,4,20H2,1-3H3,(H,36,37). The van der Waals surface area contributed by atoms with Crippen LogP contribution in [0.4, 0.5) is 5.69 Å². The number of carbonyl (C=O) groups is 1. The van der Waals surface area contributed by atoms with Crippen molar-refractivity contribution in [2.24, 2.45) is 0 Å². The molecule has 1 unspecified atom stereocenters. The van der Waals surface area contributed by atoms with Gasteiger partial charge in [0, 0.05) is 34.4 Å². The monoisotopic (exact) mass is 523 g/mol. The summed E-state index contributed by atoms with van der Waals surface area (Å²) in [5.74, 6) is -0.542. The summed E-state index contributed by atoms with van der Waals surface area (Å²) in [5.41, 5.74) is 7.81. The lowest BCUT2D eigenvalue weighted by Gasteiger charge is -2.21. The van der Waals surface area contributed by atoms with Gasteiger partial charge in [-0.15, -0.1) is 0 Å². The molecular weight excluding hydrogens is 494 g/mol. The van der Waals surface area contributed by atoms with Crippen LogP contribution in [0.15, 0.2) is 91.0 Å². The lowest BCUT2D eigenvalue weighted by atomic mass is 10.0. The number of anilines is 1. The summed E-state index contributed by atoms with van der Waals surface area (Å²) in [6.07, 6.45) is 0.907. The Bertz CT molecular complexity index is 1640. The minimum Gasteiger partial charge on any atom is -0.325 e. The molecule has 7 heteroatoms. The fraction of sp³-hybridized carbons (Fsp3) is 0.161. The van der Waals surface area contributed by atoms with Crippen LogP contribution in [-0.4, -0.2) is 24.2 Å². The van der Waals surface area contributed by atoms with Gasteiger partial charge in [-0.1, -0.05) is 67.6 Å². The summed E-state index contributed by atoms with van der Waals surface area (Å²) in [6, 6.07) is 28.1. The first-order valence-corrected chi connectivity index (χ1v) is 13.6. The van der Waals surface area contributed by atoms with Crippen LogP contribution in [0.3, 0.4) is 0 Å². The number of rotatable bonds is 7. The van der Waals surface area contributed by atoms with Gasteiger partial charge in [-0.3, -0.25) is 9.35 Å². The molecule has 0 aliphatic carbocycles. The average Bonchev–Trinajstić information content (AvgIpc) is 3.27. The second-order valence-electron chi connectivity index (χ2n) is 9.30. The van der Waals surface area contributed by atoms with Crippen LogP contribution in [0.5, 0.6) is 0 Å². The number of nitrogens with zero attached hydrogens (tertiary/aromatic N) is 3. The molecule has 0 fully saturated rings. The maximum atomic E-state index is 13.2. The number of benzene rings is 3.